The number of amides is 5. The van der Waals surface area contributed by atoms with Gasteiger partial charge in [-0.05, 0) is 58.9 Å². The van der Waals surface area contributed by atoms with Gasteiger partial charge in [-0.3, -0.25) is 24.0 Å². The molecule has 4 unspecified atom stereocenters. The Balaban J connectivity index is 1.62. The van der Waals surface area contributed by atoms with E-state index in [1.54, 1.807) is 45.0 Å². The van der Waals surface area contributed by atoms with Crippen molar-refractivity contribution in [1.82, 2.24) is 15.5 Å². The van der Waals surface area contributed by atoms with E-state index in [2.05, 4.69) is 10.6 Å². The van der Waals surface area contributed by atoms with Crippen LogP contribution in [-0.2, 0) is 30.5 Å². The van der Waals surface area contributed by atoms with Crippen molar-refractivity contribution in [2.45, 2.75) is 64.9 Å². The van der Waals surface area contributed by atoms with Crippen molar-refractivity contribution < 1.29 is 39.0 Å². The number of likely N-dealkylation sites (tertiary alicyclic amines) is 1. The van der Waals surface area contributed by atoms with Crippen LogP contribution < -0.4 is 21.3 Å². The smallest absolute Gasteiger partial charge is 0.337 e. The minimum Gasteiger partial charge on any atom is -0.479 e. The van der Waals surface area contributed by atoms with Gasteiger partial charge in [-0.25, -0.2) is 4.79 Å². The lowest BCUT2D eigenvalue weighted by molar-refractivity contribution is -0.147. The van der Waals surface area contributed by atoms with Crippen LogP contribution >= 0.6 is 0 Å². The monoisotopic (exact) mass is 697 g/mol. The second-order valence-electron chi connectivity index (χ2n) is 13.5. The number of benzene rings is 3. The van der Waals surface area contributed by atoms with Gasteiger partial charge in [0, 0.05) is 36.8 Å². The summed E-state index contributed by atoms with van der Waals surface area (Å²) in [5.41, 5.74) is 6.93. The van der Waals surface area contributed by atoms with E-state index < -0.39 is 59.2 Å². The van der Waals surface area contributed by atoms with E-state index in [1.165, 1.54) is 53.1 Å². The van der Waals surface area contributed by atoms with Crippen molar-refractivity contribution >= 4 is 47.3 Å². The zero-order valence-corrected chi connectivity index (χ0v) is 28.9. The summed E-state index contributed by atoms with van der Waals surface area (Å²) >= 11 is 0. The van der Waals surface area contributed by atoms with Crippen LogP contribution in [0.15, 0.2) is 84.9 Å². The minimum atomic E-state index is -1.68. The van der Waals surface area contributed by atoms with Gasteiger partial charge in [-0.2, -0.15) is 0 Å². The maximum absolute atomic E-state index is 14.6. The number of primary amides is 1. The van der Waals surface area contributed by atoms with Crippen LogP contribution in [0.5, 0.6) is 0 Å². The number of aliphatic hydroxyl groups is 1. The molecule has 51 heavy (non-hydrogen) atoms. The molecule has 1 heterocycles. The van der Waals surface area contributed by atoms with E-state index in [0.29, 0.717) is 11.3 Å². The van der Waals surface area contributed by atoms with E-state index >= 15 is 0 Å². The Hall–Kier alpha value is -5.82. The minimum absolute atomic E-state index is 0.0292. The number of rotatable bonds is 12. The molecule has 3 aromatic rings. The quantitative estimate of drug-likeness (QED) is 0.178. The van der Waals surface area contributed by atoms with Crippen LogP contribution in [0.3, 0.4) is 0 Å². The van der Waals surface area contributed by atoms with Gasteiger partial charge in [0.2, 0.25) is 29.5 Å². The lowest BCUT2D eigenvalue weighted by atomic mass is 9.85. The number of aliphatic carboxylic acids is 1. The third kappa shape index (κ3) is 9.88. The molecule has 268 valence electrons. The third-order valence-electron chi connectivity index (χ3n) is 8.50. The highest BCUT2D eigenvalue weighted by Crippen LogP contribution is 2.29. The maximum Gasteiger partial charge on any atom is 0.337 e. The average Bonchev–Trinajstić information content (AvgIpc) is 3.51. The van der Waals surface area contributed by atoms with Gasteiger partial charge in [0.1, 0.15) is 12.1 Å². The molecule has 4 rings (SSSR count). The number of hydrogen-bond donors (Lipinski definition) is 5. The molecule has 1 aliphatic heterocycles. The zero-order chi connectivity index (χ0) is 37.5. The number of carboxylic acids is 1. The second kappa shape index (κ2) is 16.3. The number of aliphatic hydroxyl groups excluding tert-OH is 1. The zero-order valence-electron chi connectivity index (χ0n) is 28.9. The summed E-state index contributed by atoms with van der Waals surface area (Å²) in [6, 6.07) is 18.9. The topological polar surface area (TPSA) is 199 Å². The number of carboxylic acid groups (broad SMARTS) is 1. The van der Waals surface area contributed by atoms with Gasteiger partial charge in [0.15, 0.2) is 6.10 Å². The van der Waals surface area contributed by atoms with Crippen molar-refractivity contribution in [3.05, 3.63) is 107 Å². The fourth-order valence-electron chi connectivity index (χ4n) is 5.86. The lowest BCUT2D eigenvalue weighted by Gasteiger charge is -2.36. The number of nitrogens with two attached hydrogens (primary N) is 1. The largest absolute Gasteiger partial charge is 0.479 e. The molecular formula is C38H43N5O8. The Bertz CT molecular complexity index is 1790. The Morgan fingerprint density at radius 2 is 1.59 bits per heavy atom. The molecule has 0 saturated carbocycles. The molecule has 0 bridgehead atoms. The predicted octanol–water partition coefficient (Wildman–Crippen LogP) is 2.79. The van der Waals surface area contributed by atoms with Crippen molar-refractivity contribution in [3.63, 3.8) is 0 Å². The SMILES string of the molecule is CC(=O)NC1CC(C(=O)N(Cc2ccccc2)c2ccc(C(N)=O)cc2)N(C(=O)C(NC(=O)/C=C/c2ccc(C(O)C(=O)O)cc2)C(C)(C)C)C1. The van der Waals surface area contributed by atoms with Crippen molar-refractivity contribution in [2.24, 2.45) is 11.1 Å². The van der Waals surface area contributed by atoms with Gasteiger partial charge in [-0.1, -0.05) is 75.4 Å². The molecule has 1 aliphatic rings. The molecule has 0 aliphatic carbocycles. The summed E-state index contributed by atoms with van der Waals surface area (Å²) in [5.74, 6) is -3.83. The molecule has 4 atom stereocenters. The molecule has 3 aromatic carbocycles. The predicted molar refractivity (Wildman–Crippen MR) is 190 cm³/mol. The first-order chi connectivity index (χ1) is 24.0. The van der Waals surface area contributed by atoms with Gasteiger partial charge in [0.25, 0.3) is 0 Å². The molecule has 6 N–H and O–H groups in total. The molecule has 13 nitrogen and oxygen atoms in total. The van der Waals surface area contributed by atoms with E-state index in [9.17, 15) is 33.9 Å². The Morgan fingerprint density at radius 3 is 2.14 bits per heavy atom. The molecule has 13 heteroatoms. The second-order valence-corrected chi connectivity index (χ2v) is 13.5. The number of anilines is 1. The van der Waals surface area contributed by atoms with E-state index in [-0.39, 0.29) is 36.5 Å². The van der Waals surface area contributed by atoms with Crippen molar-refractivity contribution in [2.75, 3.05) is 11.4 Å². The Kier molecular flexibility index (Phi) is 12.1. The summed E-state index contributed by atoms with van der Waals surface area (Å²) in [6.07, 6.45) is 1.17. The molecular weight excluding hydrogens is 654 g/mol. The first kappa shape index (κ1) is 38.0. The summed E-state index contributed by atoms with van der Waals surface area (Å²) in [6.45, 7) is 6.89. The standard InChI is InChI=1S/C38H43N5O8/c1-23(44)40-28-20-30(35(48)42(21-25-8-6-5-7-9-25)29-17-15-27(16-18-29)34(39)47)43(22-28)36(49)33(38(2,3)4)41-31(45)19-12-24-10-13-26(14-11-24)32(46)37(50)51/h5-19,28,30,32-33,46H,20-22H2,1-4H3,(H2,39,47)(H,40,44)(H,41,45)(H,50,51)/b19-12+. The van der Waals surface area contributed by atoms with E-state index in [1.807, 2.05) is 30.3 Å². The normalized spacial score (nSPS) is 17.0. The number of nitrogens with one attached hydrogen (secondary N) is 2. The van der Waals surface area contributed by atoms with Gasteiger partial charge >= 0.3 is 5.97 Å². The average molecular weight is 698 g/mol. The summed E-state index contributed by atoms with van der Waals surface area (Å²) in [4.78, 5) is 80.0. The highest BCUT2D eigenvalue weighted by atomic mass is 16.4. The Labute approximate surface area is 296 Å². The van der Waals surface area contributed by atoms with Crippen LogP contribution in [-0.4, -0.2) is 75.3 Å². The van der Waals surface area contributed by atoms with Gasteiger partial charge in [0.05, 0.1) is 6.54 Å². The molecule has 0 aromatic heterocycles. The molecule has 5 amide bonds. The summed E-state index contributed by atoms with van der Waals surface area (Å²) < 4.78 is 0. The molecule has 0 radical (unpaired) electrons. The maximum atomic E-state index is 14.6. The van der Waals surface area contributed by atoms with Crippen LogP contribution in [0.2, 0.25) is 0 Å². The first-order valence-electron chi connectivity index (χ1n) is 16.4. The van der Waals surface area contributed by atoms with E-state index in [0.717, 1.165) is 5.56 Å². The van der Waals surface area contributed by atoms with Gasteiger partial charge in [-0.15, -0.1) is 0 Å². The third-order valence-corrected chi connectivity index (χ3v) is 8.50. The highest BCUT2D eigenvalue weighted by Gasteiger charge is 2.46. The number of nitrogens with zero attached hydrogens (tertiary/aromatic N) is 2. The molecule has 0 spiro atoms. The van der Waals surface area contributed by atoms with Crippen molar-refractivity contribution in [1.29, 1.82) is 0 Å². The highest BCUT2D eigenvalue weighted by molar-refractivity contribution is 6.02. The van der Waals surface area contributed by atoms with Crippen LogP contribution in [0.4, 0.5) is 5.69 Å². The fourth-order valence-corrected chi connectivity index (χ4v) is 5.86. The van der Waals surface area contributed by atoms with Crippen molar-refractivity contribution in [3.8, 4) is 0 Å². The first-order valence-corrected chi connectivity index (χ1v) is 16.4. The summed E-state index contributed by atoms with van der Waals surface area (Å²) in [7, 11) is 0. The van der Waals surface area contributed by atoms with Crippen LogP contribution in [0.1, 0.15) is 67.3 Å². The van der Waals surface area contributed by atoms with E-state index in [4.69, 9.17) is 10.8 Å². The summed E-state index contributed by atoms with van der Waals surface area (Å²) in [5, 5.41) is 24.4. The van der Waals surface area contributed by atoms with Crippen LogP contribution in [0.25, 0.3) is 6.08 Å². The van der Waals surface area contributed by atoms with Gasteiger partial charge < -0.3 is 36.4 Å². The Morgan fingerprint density at radius 1 is 0.961 bits per heavy atom. The number of carbonyl (C=O) groups excluding carboxylic acids is 5. The molecule has 1 fully saturated rings. The molecule has 1 saturated heterocycles. The fraction of sp³-hybridized carbons (Fsp3) is 0.316. The van der Waals surface area contributed by atoms with Crippen LogP contribution in [0, 0.1) is 5.41 Å². The number of hydrogen-bond acceptors (Lipinski definition) is 7. The lowest BCUT2D eigenvalue weighted by Crippen LogP contribution is -2.58. The number of carbonyl (C=O) groups is 6.